The molecule has 0 spiro atoms. The molecular weight excluding hydrogens is 278 g/mol. The van der Waals surface area contributed by atoms with Crippen LogP contribution in [0, 0.1) is 0 Å². The first-order valence-corrected chi connectivity index (χ1v) is 6.79. The summed E-state index contributed by atoms with van der Waals surface area (Å²) < 4.78 is 5.03. The number of carboxylic acid groups (broad SMARTS) is 1. The fourth-order valence-electron chi connectivity index (χ4n) is 1.60. The molecule has 0 aliphatic heterocycles. The maximum absolute atomic E-state index is 11.5. The van der Waals surface area contributed by atoms with E-state index in [4.69, 9.17) is 9.84 Å². The van der Waals surface area contributed by atoms with Crippen LogP contribution in [0.4, 0.5) is 4.79 Å². The molecule has 2 aromatic rings. The van der Waals surface area contributed by atoms with Gasteiger partial charge >= 0.3 is 12.1 Å². The second-order valence-electron chi connectivity index (χ2n) is 4.00. The Morgan fingerprint density at radius 1 is 1.20 bits per heavy atom. The Balaban J connectivity index is 1.80. The van der Waals surface area contributed by atoms with Crippen molar-refractivity contribution < 1.29 is 19.4 Å². The van der Waals surface area contributed by atoms with Crippen LogP contribution in [0.15, 0.2) is 41.8 Å². The molecule has 0 radical (unpaired) electrons. The number of hydrogen-bond acceptors (Lipinski definition) is 4. The lowest BCUT2D eigenvalue weighted by atomic mass is 10.2. The summed E-state index contributed by atoms with van der Waals surface area (Å²) in [6.45, 7) is 0.320. The van der Waals surface area contributed by atoms with Crippen molar-refractivity contribution in [2.45, 2.75) is 13.2 Å². The number of aromatic carboxylic acids is 1. The Labute approximate surface area is 119 Å². The van der Waals surface area contributed by atoms with Gasteiger partial charge in [0.05, 0.1) is 0 Å². The Kier molecular flexibility index (Phi) is 4.73. The maximum Gasteiger partial charge on any atom is 0.407 e. The van der Waals surface area contributed by atoms with Crippen LogP contribution in [-0.4, -0.2) is 17.2 Å². The van der Waals surface area contributed by atoms with Crippen LogP contribution in [0.2, 0.25) is 0 Å². The minimum absolute atomic E-state index is 0.138. The summed E-state index contributed by atoms with van der Waals surface area (Å²) in [5.74, 6) is -0.991. The van der Waals surface area contributed by atoms with E-state index >= 15 is 0 Å². The molecule has 0 bridgehead atoms. The topological polar surface area (TPSA) is 75.6 Å². The first-order valence-electron chi connectivity index (χ1n) is 5.91. The lowest BCUT2D eigenvalue weighted by Crippen LogP contribution is -2.24. The SMILES string of the molecule is O=C(NCc1ccsc1C(=O)O)OCc1ccccc1. The zero-order chi connectivity index (χ0) is 14.4. The number of carboxylic acids is 1. The molecule has 1 amide bonds. The molecule has 6 heteroatoms. The van der Waals surface area contributed by atoms with Crippen LogP contribution in [0.3, 0.4) is 0 Å². The number of thiophene rings is 1. The Bertz CT molecular complexity index is 594. The van der Waals surface area contributed by atoms with Gasteiger partial charge in [0.1, 0.15) is 11.5 Å². The molecule has 20 heavy (non-hydrogen) atoms. The summed E-state index contributed by atoms with van der Waals surface area (Å²) in [5.41, 5.74) is 1.46. The number of amides is 1. The van der Waals surface area contributed by atoms with Crippen molar-refractivity contribution in [3.05, 3.63) is 57.8 Å². The van der Waals surface area contributed by atoms with Gasteiger partial charge in [-0.25, -0.2) is 9.59 Å². The number of ether oxygens (including phenoxy) is 1. The molecule has 0 aliphatic rings. The maximum atomic E-state index is 11.5. The lowest BCUT2D eigenvalue weighted by Gasteiger charge is -2.06. The third kappa shape index (κ3) is 3.83. The van der Waals surface area contributed by atoms with Gasteiger partial charge in [0.2, 0.25) is 0 Å². The van der Waals surface area contributed by atoms with E-state index in [1.54, 1.807) is 11.4 Å². The monoisotopic (exact) mass is 291 g/mol. The van der Waals surface area contributed by atoms with Crippen molar-refractivity contribution in [1.29, 1.82) is 0 Å². The number of rotatable bonds is 5. The first kappa shape index (κ1) is 14.1. The summed E-state index contributed by atoms with van der Waals surface area (Å²) in [7, 11) is 0. The summed E-state index contributed by atoms with van der Waals surface area (Å²) in [4.78, 5) is 22.7. The average Bonchev–Trinajstić information content (AvgIpc) is 2.92. The predicted molar refractivity (Wildman–Crippen MR) is 74.7 cm³/mol. The molecule has 1 aromatic heterocycles. The van der Waals surface area contributed by atoms with Crippen LogP contribution in [0.1, 0.15) is 20.8 Å². The normalized spacial score (nSPS) is 10.0. The van der Waals surface area contributed by atoms with Crippen LogP contribution >= 0.6 is 11.3 Å². The quantitative estimate of drug-likeness (QED) is 0.888. The molecule has 0 aliphatic carbocycles. The predicted octanol–water partition coefficient (Wildman–Crippen LogP) is 2.87. The highest BCUT2D eigenvalue weighted by Gasteiger charge is 2.12. The third-order valence-electron chi connectivity index (χ3n) is 2.58. The van der Waals surface area contributed by atoms with Gasteiger partial charge in [-0.3, -0.25) is 0 Å². The largest absolute Gasteiger partial charge is 0.477 e. The number of alkyl carbamates (subject to hydrolysis) is 1. The van der Waals surface area contributed by atoms with E-state index in [1.165, 1.54) is 0 Å². The van der Waals surface area contributed by atoms with E-state index in [9.17, 15) is 9.59 Å². The Hall–Kier alpha value is -2.34. The number of benzene rings is 1. The third-order valence-corrected chi connectivity index (χ3v) is 3.52. The molecule has 0 saturated carbocycles. The fourth-order valence-corrected chi connectivity index (χ4v) is 2.36. The Morgan fingerprint density at radius 3 is 2.65 bits per heavy atom. The molecule has 0 unspecified atom stereocenters. The van der Waals surface area contributed by atoms with Crippen molar-refractivity contribution in [2.75, 3.05) is 0 Å². The van der Waals surface area contributed by atoms with Gasteiger partial charge in [-0.15, -0.1) is 11.3 Å². The lowest BCUT2D eigenvalue weighted by molar-refractivity contribution is 0.0700. The highest BCUT2D eigenvalue weighted by atomic mass is 32.1. The van der Waals surface area contributed by atoms with Crippen LogP contribution < -0.4 is 5.32 Å². The first-order chi connectivity index (χ1) is 9.66. The summed E-state index contributed by atoms with van der Waals surface area (Å²) >= 11 is 1.13. The zero-order valence-corrected chi connectivity index (χ0v) is 11.4. The van der Waals surface area contributed by atoms with Crippen molar-refractivity contribution in [2.24, 2.45) is 0 Å². The van der Waals surface area contributed by atoms with Gasteiger partial charge in [-0.1, -0.05) is 30.3 Å². The number of carbonyl (C=O) groups excluding carboxylic acids is 1. The fraction of sp³-hybridized carbons (Fsp3) is 0.143. The Morgan fingerprint density at radius 2 is 1.95 bits per heavy atom. The summed E-state index contributed by atoms with van der Waals surface area (Å²) in [6, 6.07) is 11.0. The van der Waals surface area contributed by atoms with Gasteiger partial charge in [-0.05, 0) is 22.6 Å². The highest BCUT2D eigenvalue weighted by molar-refractivity contribution is 7.12. The van der Waals surface area contributed by atoms with E-state index in [0.717, 1.165) is 16.9 Å². The second-order valence-corrected chi connectivity index (χ2v) is 4.91. The standard InChI is InChI=1S/C14H13NO4S/c16-13(17)12-11(6-7-20-12)8-15-14(18)19-9-10-4-2-1-3-5-10/h1-7H,8-9H2,(H,15,18)(H,16,17). The number of nitrogens with one attached hydrogen (secondary N) is 1. The van der Waals surface area contributed by atoms with E-state index in [0.29, 0.717) is 5.56 Å². The molecule has 0 atom stereocenters. The molecule has 1 heterocycles. The van der Waals surface area contributed by atoms with Crippen molar-refractivity contribution in [3.8, 4) is 0 Å². The summed E-state index contributed by atoms with van der Waals surface area (Å²) in [5, 5.41) is 13.1. The van der Waals surface area contributed by atoms with Gasteiger partial charge in [0.15, 0.2) is 0 Å². The molecule has 0 fully saturated rings. The van der Waals surface area contributed by atoms with E-state index in [1.807, 2.05) is 30.3 Å². The van der Waals surface area contributed by atoms with E-state index < -0.39 is 12.1 Å². The van der Waals surface area contributed by atoms with Crippen molar-refractivity contribution in [1.82, 2.24) is 5.32 Å². The molecule has 104 valence electrons. The molecule has 0 saturated heterocycles. The molecular formula is C14H13NO4S. The van der Waals surface area contributed by atoms with Gasteiger partial charge in [-0.2, -0.15) is 0 Å². The van der Waals surface area contributed by atoms with Crippen LogP contribution in [-0.2, 0) is 17.9 Å². The number of carbonyl (C=O) groups is 2. The van der Waals surface area contributed by atoms with Crippen LogP contribution in [0.5, 0.6) is 0 Å². The highest BCUT2D eigenvalue weighted by Crippen LogP contribution is 2.16. The minimum atomic E-state index is -0.991. The van der Waals surface area contributed by atoms with Gasteiger partial charge in [0, 0.05) is 6.54 Å². The van der Waals surface area contributed by atoms with Crippen molar-refractivity contribution in [3.63, 3.8) is 0 Å². The molecule has 5 nitrogen and oxygen atoms in total. The van der Waals surface area contributed by atoms with Crippen molar-refractivity contribution >= 4 is 23.4 Å². The van der Waals surface area contributed by atoms with E-state index in [-0.39, 0.29) is 18.0 Å². The number of hydrogen-bond donors (Lipinski definition) is 2. The minimum Gasteiger partial charge on any atom is -0.477 e. The van der Waals surface area contributed by atoms with E-state index in [2.05, 4.69) is 5.32 Å². The smallest absolute Gasteiger partial charge is 0.407 e. The average molecular weight is 291 g/mol. The van der Waals surface area contributed by atoms with Gasteiger partial charge < -0.3 is 15.2 Å². The molecule has 1 aromatic carbocycles. The molecule has 2 N–H and O–H groups in total. The zero-order valence-electron chi connectivity index (χ0n) is 10.5. The molecule has 2 rings (SSSR count). The van der Waals surface area contributed by atoms with Gasteiger partial charge in [0.25, 0.3) is 0 Å². The van der Waals surface area contributed by atoms with Crippen LogP contribution in [0.25, 0.3) is 0 Å². The second kappa shape index (κ2) is 6.72. The summed E-state index contributed by atoms with van der Waals surface area (Å²) in [6.07, 6.45) is -0.573.